The maximum Gasteiger partial charge on any atom is 0.242 e. The molecule has 0 aromatic rings. The van der Waals surface area contributed by atoms with E-state index in [2.05, 4.69) is 10.2 Å². The fourth-order valence-corrected chi connectivity index (χ4v) is 5.11. The van der Waals surface area contributed by atoms with E-state index >= 15 is 0 Å². The Hall–Kier alpha value is -1.18. The number of likely N-dealkylation sites (tertiary alicyclic amines) is 1. The Bertz CT molecular complexity index is 518. The molecule has 160 valence electrons. The average Bonchev–Trinajstić information content (AvgIpc) is 3.36. The average molecular weight is 395 g/mol. The Morgan fingerprint density at radius 1 is 1.14 bits per heavy atom. The number of nitrogens with zero attached hydrogens (tertiary/aromatic N) is 2. The smallest absolute Gasteiger partial charge is 0.242 e. The predicted molar refractivity (Wildman–Crippen MR) is 109 cm³/mol. The molecule has 2 saturated heterocycles. The van der Waals surface area contributed by atoms with Gasteiger partial charge in [-0.1, -0.05) is 19.3 Å². The highest BCUT2D eigenvalue weighted by Gasteiger charge is 2.41. The van der Waals surface area contributed by atoms with Gasteiger partial charge in [0.1, 0.15) is 6.04 Å². The third-order valence-corrected chi connectivity index (χ3v) is 6.63. The zero-order valence-corrected chi connectivity index (χ0v) is 17.4. The van der Waals surface area contributed by atoms with Gasteiger partial charge in [0.05, 0.1) is 6.10 Å². The molecule has 3 N–H and O–H groups in total. The number of nitrogens with one attached hydrogen (secondary N) is 1. The van der Waals surface area contributed by atoms with Gasteiger partial charge in [-0.25, -0.2) is 0 Å². The van der Waals surface area contributed by atoms with E-state index in [0.29, 0.717) is 32.2 Å². The van der Waals surface area contributed by atoms with Gasteiger partial charge in [0.15, 0.2) is 0 Å². The Labute approximate surface area is 169 Å². The molecule has 2 heterocycles. The highest BCUT2D eigenvalue weighted by atomic mass is 16.5. The molecule has 7 heteroatoms. The van der Waals surface area contributed by atoms with E-state index in [1.54, 1.807) is 11.8 Å². The largest absolute Gasteiger partial charge is 0.377 e. The predicted octanol–water partition coefficient (Wildman–Crippen LogP) is 1.11. The molecule has 28 heavy (non-hydrogen) atoms. The van der Waals surface area contributed by atoms with Crippen LogP contribution >= 0.6 is 0 Å². The number of hydrogen-bond acceptors (Lipinski definition) is 5. The van der Waals surface area contributed by atoms with E-state index in [1.165, 1.54) is 32.1 Å². The van der Waals surface area contributed by atoms with E-state index in [-0.39, 0.29) is 23.9 Å². The molecule has 0 bridgehead atoms. The lowest BCUT2D eigenvalue weighted by molar-refractivity contribution is -0.136. The number of hydrogen-bond donors (Lipinski definition) is 2. The molecule has 3 unspecified atom stereocenters. The molecule has 3 rings (SSSR count). The van der Waals surface area contributed by atoms with Crippen LogP contribution in [0.5, 0.6) is 0 Å². The molecule has 0 spiro atoms. The second-order valence-electron chi connectivity index (χ2n) is 8.75. The van der Waals surface area contributed by atoms with Gasteiger partial charge >= 0.3 is 0 Å². The van der Waals surface area contributed by atoms with Crippen molar-refractivity contribution >= 4 is 11.8 Å². The van der Waals surface area contributed by atoms with Crippen molar-refractivity contribution in [2.45, 2.75) is 76.5 Å². The van der Waals surface area contributed by atoms with Crippen LogP contribution in [0.2, 0.25) is 0 Å². The van der Waals surface area contributed by atoms with Crippen LogP contribution in [0.4, 0.5) is 0 Å². The highest BCUT2D eigenvalue weighted by Crippen LogP contribution is 2.29. The molecule has 7 nitrogen and oxygen atoms in total. The van der Waals surface area contributed by atoms with Crippen molar-refractivity contribution in [1.29, 1.82) is 0 Å². The minimum Gasteiger partial charge on any atom is -0.377 e. The number of ether oxygens (including phenoxy) is 1. The van der Waals surface area contributed by atoms with Crippen molar-refractivity contribution in [2.24, 2.45) is 11.7 Å². The van der Waals surface area contributed by atoms with Gasteiger partial charge in [0.25, 0.3) is 0 Å². The molecular formula is C21H38N4O3. The summed E-state index contributed by atoms with van der Waals surface area (Å²) >= 11 is 0. The number of rotatable bonds is 8. The summed E-state index contributed by atoms with van der Waals surface area (Å²) in [5, 5.41) is 2.87. The SMILES string of the molecule is CC(=O)N1CC(N(CC2CCCCC2)CC2CCCO2)CC1C(=O)NCCN. The van der Waals surface area contributed by atoms with Gasteiger partial charge in [-0.05, 0) is 38.0 Å². The van der Waals surface area contributed by atoms with Gasteiger partial charge < -0.3 is 20.7 Å². The molecule has 0 radical (unpaired) electrons. The van der Waals surface area contributed by atoms with Crippen LogP contribution in [0.1, 0.15) is 58.3 Å². The maximum atomic E-state index is 12.6. The lowest BCUT2D eigenvalue weighted by Crippen LogP contribution is -2.46. The fourth-order valence-electron chi connectivity index (χ4n) is 5.11. The molecule has 0 aromatic heterocycles. The van der Waals surface area contributed by atoms with E-state index in [1.807, 2.05) is 0 Å². The van der Waals surface area contributed by atoms with E-state index in [9.17, 15) is 9.59 Å². The molecule has 3 aliphatic rings. The summed E-state index contributed by atoms with van der Waals surface area (Å²) in [5.41, 5.74) is 5.52. The molecule has 2 aliphatic heterocycles. The zero-order valence-electron chi connectivity index (χ0n) is 17.4. The first kappa shape index (κ1) is 21.5. The highest BCUT2D eigenvalue weighted by molar-refractivity contribution is 5.87. The Balaban J connectivity index is 1.68. The van der Waals surface area contributed by atoms with Crippen LogP contribution in [-0.4, -0.2) is 79.1 Å². The fraction of sp³-hybridized carbons (Fsp3) is 0.905. The van der Waals surface area contributed by atoms with Crippen molar-refractivity contribution in [3.05, 3.63) is 0 Å². The number of amides is 2. The van der Waals surface area contributed by atoms with Gasteiger partial charge in [0, 0.05) is 52.3 Å². The first-order chi connectivity index (χ1) is 13.6. The van der Waals surface area contributed by atoms with E-state index < -0.39 is 0 Å². The Kier molecular flexibility index (Phi) is 8.11. The quantitative estimate of drug-likeness (QED) is 0.644. The second kappa shape index (κ2) is 10.6. The van der Waals surface area contributed by atoms with Gasteiger partial charge in [0.2, 0.25) is 11.8 Å². The summed E-state index contributed by atoms with van der Waals surface area (Å²) in [7, 11) is 0. The van der Waals surface area contributed by atoms with Crippen molar-refractivity contribution in [2.75, 3.05) is 39.3 Å². The topological polar surface area (TPSA) is 87.9 Å². The third-order valence-electron chi connectivity index (χ3n) is 6.63. The van der Waals surface area contributed by atoms with Crippen LogP contribution in [0, 0.1) is 5.92 Å². The first-order valence-corrected chi connectivity index (χ1v) is 11.2. The van der Waals surface area contributed by atoms with E-state index in [0.717, 1.165) is 38.5 Å². The number of nitrogens with two attached hydrogens (primary N) is 1. The zero-order chi connectivity index (χ0) is 19.9. The molecule has 1 aliphatic carbocycles. The van der Waals surface area contributed by atoms with Gasteiger partial charge in [-0.3, -0.25) is 14.5 Å². The normalized spacial score (nSPS) is 28.8. The Morgan fingerprint density at radius 2 is 1.93 bits per heavy atom. The molecule has 1 saturated carbocycles. The summed E-state index contributed by atoms with van der Waals surface area (Å²) < 4.78 is 5.92. The van der Waals surface area contributed by atoms with Crippen LogP contribution in [0.25, 0.3) is 0 Å². The second-order valence-corrected chi connectivity index (χ2v) is 8.75. The minimum atomic E-state index is -0.382. The molecule has 3 atom stereocenters. The number of carbonyl (C=O) groups excluding carboxylic acids is 2. The molecular weight excluding hydrogens is 356 g/mol. The van der Waals surface area contributed by atoms with Crippen molar-refractivity contribution in [1.82, 2.24) is 15.1 Å². The van der Waals surface area contributed by atoms with Crippen molar-refractivity contribution in [3.8, 4) is 0 Å². The summed E-state index contributed by atoms with van der Waals surface area (Å²) in [5.74, 6) is 0.633. The maximum absolute atomic E-state index is 12.6. The molecule has 3 fully saturated rings. The monoisotopic (exact) mass is 394 g/mol. The summed E-state index contributed by atoms with van der Waals surface area (Å²) in [6, 6.07) is -0.156. The van der Waals surface area contributed by atoms with Gasteiger partial charge in [-0.2, -0.15) is 0 Å². The standard InChI is InChI=1S/C21H38N4O3/c1-16(26)25-14-18(12-20(25)21(27)23-10-9-22)24(15-19-8-5-11-28-19)13-17-6-3-2-4-7-17/h17-20H,2-15,22H2,1H3,(H,23,27). The third kappa shape index (κ3) is 5.67. The lowest BCUT2D eigenvalue weighted by Gasteiger charge is -2.35. The van der Waals surface area contributed by atoms with Crippen LogP contribution in [-0.2, 0) is 14.3 Å². The summed E-state index contributed by atoms with van der Waals surface area (Å²) in [4.78, 5) is 29.1. The van der Waals surface area contributed by atoms with Crippen LogP contribution in [0.3, 0.4) is 0 Å². The van der Waals surface area contributed by atoms with Crippen LogP contribution in [0.15, 0.2) is 0 Å². The van der Waals surface area contributed by atoms with Gasteiger partial charge in [-0.15, -0.1) is 0 Å². The first-order valence-electron chi connectivity index (χ1n) is 11.2. The molecule has 2 amide bonds. The van der Waals surface area contributed by atoms with E-state index in [4.69, 9.17) is 10.5 Å². The summed E-state index contributed by atoms with van der Waals surface area (Å²) in [6.07, 6.45) is 9.85. The van der Waals surface area contributed by atoms with Crippen LogP contribution < -0.4 is 11.1 Å². The van der Waals surface area contributed by atoms with Crippen molar-refractivity contribution in [3.63, 3.8) is 0 Å². The minimum absolute atomic E-state index is 0.0230. The van der Waals surface area contributed by atoms with Crippen molar-refractivity contribution < 1.29 is 14.3 Å². The molecule has 0 aromatic carbocycles. The summed E-state index contributed by atoms with van der Waals surface area (Å²) in [6.45, 7) is 5.91. The Morgan fingerprint density at radius 3 is 2.57 bits per heavy atom. The lowest BCUT2D eigenvalue weighted by atomic mass is 9.88. The number of carbonyl (C=O) groups is 2.